The van der Waals surface area contributed by atoms with Crippen LogP contribution in [0, 0.1) is 23.1 Å². The summed E-state index contributed by atoms with van der Waals surface area (Å²) in [6.45, 7) is 0.512. The van der Waals surface area contributed by atoms with E-state index in [2.05, 4.69) is 4.98 Å². The molecule has 5 nitrogen and oxygen atoms in total. The van der Waals surface area contributed by atoms with E-state index in [1.807, 2.05) is 6.07 Å². The lowest BCUT2D eigenvalue weighted by atomic mass is 9.93. The van der Waals surface area contributed by atoms with Gasteiger partial charge in [-0.3, -0.25) is 9.59 Å². The van der Waals surface area contributed by atoms with Crippen molar-refractivity contribution in [3.05, 3.63) is 29.0 Å². The van der Waals surface area contributed by atoms with E-state index in [-0.39, 0.29) is 5.91 Å². The van der Waals surface area contributed by atoms with Crippen molar-refractivity contribution in [3.63, 3.8) is 0 Å². The highest BCUT2D eigenvalue weighted by molar-refractivity contribution is 7.18. The summed E-state index contributed by atoms with van der Waals surface area (Å²) in [7, 11) is 1.64. The third-order valence-electron chi connectivity index (χ3n) is 3.80. The number of hydrogen-bond donors (Lipinski definition) is 0. The summed E-state index contributed by atoms with van der Waals surface area (Å²) in [4.78, 5) is 30.1. The van der Waals surface area contributed by atoms with Crippen LogP contribution in [-0.2, 0) is 9.59 Å². The molecule has 0 radical (unpaired) electrons. The summed E-state index contributed by atoms with van der Waals surface area (Å²) in [5, 5.41) is 9.65. The van der Waals surface area contributed by atoms with Crippen LogP contribution in [0.25, 0.3) is 10.2 Å². The number of carbonyl (C=O) groups excluding carboxylic acids is 2. The predicted octanol–water partition coefficient (Wildman–Crippen LogP) is 2.09. The van der Waals surface area contributed by atoms with Crippen molar-refractivity contribution in [2.45, 2.75) is 12.3 Å². The maximum absolute atomic E-state index is 13.2. The Labute approximate surface area is 130 Å². The number of ketones is 1. The molecule has 1 aromatic carbocycles. The highest BCUT2D eigenvalue weighted by atomic mass is 32.1. The Bertz CT molecular complexity index is 811. The molecule has 1 amide bonds. The molecular weight excluding hydrogens is 305 g/mol. The van der Waals surface area contributed by atoms with Crippen LogP contribution in [0.5, 0.6) is 0 Å². The van der Waals surface area contributed by atoms with Gasteiger partial charge in [0.2, 0.25) is 5.91 Å². The number of thiazole rings is 1. The lowest BCUT2D eigenvalue weighted by Gasteiger charge is -2.11. The summed E-state index contributed by atoms with van der Waals surface area (Å²) in [5.74, 6) is -2.95. The lowest BCUT2D eigenvalue weighted by molar-refractivity contribution is -0.136. The van der Waals surface area contributed by atoms with E-state index >= 15 is 0 Å². The van der Waals surface area contributed by atoms with Crippen molar-refractivity contribution in [1.82, 2.24) is 9.88 Å². The minimum atomic E-state index is -1.08. The first-order valence-corrected chi connectivity index (χ1v) is 7.57. The zero-order valence-electron chi connectivity index (χ0n) is 11.7. The van der Waals surface area contributed by atoms with Gasteiger partial charge in [0.1, 0.15) is 16.7 Å². The number of hydrogen-bond acceptors (Lipinski definition) is 5. The van der Waals surface area contributed by atoms with E-state index in [0.29, 0.717) is 28.2 Å². The molecule has 0 spiro atoms. The van der Waals surface area contributed by atoms with E-state index < -0.39 is 23.4 Å². The zero-order chi connectivity index (χ0) is 15.9. The molecule has 2 atom stereocenters. The molecule has 1 aromatic heterocycles. The fraction of sp³-hybridized carbons (Fsp3) is 0.333. The van der Waals surface area contributed by atoms with Crippen molar-refractivity contribution < 1.29 is 14.0 Å². The number of likely N-dealkylation sites (tertiary alicyclic amines) is 1. The van der Waals surface area contributed by atoms with Gasteiger partial charge in [-0.15, -0.1) is 11.3 Å². The molecule has 0 saturated carbocycles. The maximum atomic E-state index is 13.2. The molecule has 3 rings (SSSR count). The van der Waals surface area contributed by atoms with Gasteiger partial charge in [-0.05, 0) is 18.6 Å². The Balaban J connectivity index is 1.94. The fourth-order valence-electron chi connectivity index (χ4n) is 2.57. The Kier molecular flexibility index (Phi) is 3.62. The molecule has 1 aliphatic rings. The topological polar surface area (TPSA) is 74.1 Å². The number of benzene rings is 1. The number of halogens is 1. The Morgan fingerprint density at radius 3 is 3.00 bits per heavy atom. The van der Waals surface area contributed by atoms with Gasteiger partial charge in [-0.1, -0.05) is 0 Å². The van der Waals surface area contributed by atoms with Crippen molar-refractivity contribution in [2.24, 2.45) is 5.92 Å². The number of rotatable bonds is 3. The summed E-state index contributed by atoms with van der Waals surface area (Å²) in [5.41, 5.74) is 0.419. The van der Waals surface area contributed by atoms with Gasteiger partial charge in [-0.25, -0.2) is 9.37 Å². The van der Waals surface area contributed by atoms with E-state index in [1.54, 1.807) is 13.1 Å². The summed E-state index contributed by atoms with van der Waals surface area (Å²) in [6.07, 6.45) is 0.422. The van der Waals surface area contributed by atoms with Crippen LogP contribution in [0.1, 0.15) is 17.3 Å². The van der Waals surface area contributed by atoms with Gasteiger partial charge >= 0.3 is 0 Å². The molecular formula is C15H12FN3O2S. The molecule has 22 heavy (non-hydrogen) atoms. The van der Waals surface area contributed by atoms with Crippen molar-refractivity contribution in [2.75, 3.05) is 13.6 Å². The minimum absolute atomic E-state index is 0.252. The second-order valence-corrected chi connectivity index (χ2v) is 6.29. The summed E-state index contributed by atoms with van der Waals surface area (Å²) in [6, 6.07) is 6.08. The number of aromatic nitrogens is 1. The first-order valence-electron chi connectivity index (χ1n) is 6.75. The third kappa shape index (κ3) is 2.35. The molecule has 0 aliphatic carbocycles. The van der Waals surface area contributed by atoms with Crippen LogP contribution in [0.15, 0.2) is 18.2 Å². The number of nitrogens with zero attached hydrogens (tertiary/aromatic N) is 3. The van der Waals surface area contributed by atoms with Crippen molar-refractivity contribution in [3.8, 4) is 6.07 Å². The predicted molar refractivity (Wildman–Crippen MR) is 78.7 cm³/mol. The number of fused-ring (bicyclic) bond motifs is 1. The van der Waals surface area contributed by atoms with Crippen LogP contribution < -0.4 is 0 Å². The monoisotopic (exact) mass is 317 g/mol. The molecule has 112 valence electrons. The highest BCUT2D eigenvalue weighted by Gasteiger charge is 2.40. The molecule has 2 heterocycles. The molecule has 0 bridgehead atoms. The number of nitriles is 1. The molecule has 1 fully saturated rings. The summed E-state index contributed by atoms with van der Waals surface area (Å²) < 4.78 is 13.9. The van der Waals surface area contributed by atoms with Gasteiger partial charge in [-0.2, -0.15) is 5.26 Å². The van der Waals surface area contributed by atoms with E-state index in [1.165, 1.54) is 28.4 Å². The number of amides is 1. The molecule has 2 aromatic rings. The molecule has 1 saturated heterocycles. The first kappa shape index (κ1) is 14.6. The van der Waals surface area contributed by atoms with E-state index in [0.717, 1.165) is 0 Å². The van der Waals surface area contributed by atoms with Crippen molar-refractivity contribution in [1.29, 1.82) is 5.26 Å². The van der Waals surface area contributed by atoms with Gasteiger partial charge < -0.3 is 4.90 Å². The summed E-state index contributed by atoms with van der Waals surface area (Å²) >= 11 is 1.18. The SMILES string of the molecule is CN1CC[C@H](C(=O)[C@@H](C#N)c2nc3cc(F)ccc3s2)C1=O. The normalized spacial score (nSPS) is 19.4. The maximum Gasteiger partial charge on any atom is 0.233 e. The minimum Gasteiger partial charge on any atom is -0.345 e. The number of Topliss-reactive ketones (excluding diaryl/α,β-unsaturated/α-hetero) is 1. The van der Waals surface area contributed by atoms with Gasteiger partial charge in [0.05, 0.1) is 16.3 Å². The van der Waals surface area contributed by atoms with E-state index in [9.17, 15) is 19.2 Å². The van der Waals surface area contributed by atoms with Crippen molar-refractivity contribution >= 4 is 33.2 Å². The average Bonchev–Trinajstić information content (AvgIpc) is 3.04. The fourth-order valence-corrected chi connectivity index (χ4v) is 3.57. The second-order valence-electron chi connectivity index (χ2n) is 5.23. The van der Waals surface area contributed by atoms with Gasteiger partial charge in [0.15, 0.2) is 11.7 Å². The van der Waals surface area contributed by atoms with Crippen LogP contribution in [-0.4, -0.2) is 35.2 Å². The lowest BCUT2D eigenvalue weighted by Crippen LogP contribution is -2.30. The Morgan fingerprint density at radius 2 is 2.36 bits per heavy atom. The van der Waals surface area contributed by atoms with E-state index in [4.69, 9.17) is 0 Å². The molecule has 0 N–H and O–H groups in total. The first-order chi connectivity index (χ1) is 10.5. The van der Waals surface area contributed by atoms with Crippen LogP contribution in [0.4, 0.5) is 4.39 Å². The number of carbonyl (C=O) groups is 2. The zero-order valence-corrected chi connectivity index (χ0v) is 12.6. The molecule has 7 heteroatoms. The van der Waals surface area contributed by atoms with Crippen LogP contribution >= 0.6 is 11.3 Å². The molecule has 1 aliphatic heterocycles. The average molecular weight is 317 g/mol. The third-order valence-corrected chi connectivity index (χ3v) is 4.90. The standard InChI is InChI=1S/C15H12FN3O2S/c1-19-5-4-9(15(19)21)13(20)10(7-17)14-18-11-6-8(16)2-3-12(11)22-14/h2-3,6,9-10H,4-5H2,1H3/t9-,10-/m1/s1. The second kappa shape index (κ2) is 5.46. The Hall–Kier alpha value is -2.33. The van der Waals surface area contributed by atoms with Gasteiger partial charge in [0.25, 0.3) is 0 Å². The highest BCUT2D eigenvalue weighted by Crippen LogP contribution is 2.32. The quantitative estimate of drug-likeness (QED) is 0.813. The Morgan fingerprint density at radius 1 is 1.59 bits per heavy atom. The van der Waals surface area contributed by atoms with Crippen LogP contribution in [0.3, 0.4) is 0 Å². The largest absolute Gasteiger partial charge is 0.345 e. The smallest absolute Gasteiger partial charge is 0.233 e. The molecule has 0 unspecified atom stereocenters. The van der Waals surface area contributed by atoms with Crippen LogP contribution in [0.2, 0.25) is 0 Å². The van der Waals surface area contributed by atoms with Gasteiger partial charge in [0, 0.05) is 19.7 Å².